The van der Waals surface area contributed by atoms with Gasteiger partial charge in [-0.3, -0.25) is 4.79 Å². The third kappa shape index (κ3) is 4.19. The van der Waals surface area contributed by atoms with Gasteiger partial charge in [-0.15, -0.1) is 0 Å². The number of furan rings is 1. The van der Waals surface area contributed by atoms with Crippen LogP contribution in [0.4, 0.5) is 17.5 Å². The first kappa shape index (κ1) is 21.6. The number of para-hydroxylation sites is 1. The number of carbonyl (C=O) groups excluding carboxylic acids is 1. The number of amides is 1. The lowest BCUT2D eigenvalue weighted by molar-refractivity contribution is 0.0714. The molecule has 0 atom stereocenters. The van der Waals surface area contributed by atoms with Gasteiger partial charge in [-0.05, 0) is 30.3 Å². The molecule has 5 rings (SSSR count). The zero-order chi connectivity index (χ0) is 23.5. The molecule has 0 saturated carbocycles. The lowest BCUT2D eigenvalue weighted by Crippen LogP contribution is -2.49. The topological polar surface area (TPSA) is 93.0 Å². The maximum absolute atomic E-state index is 12.6. The molecule has 1 amide bonds. The van der Waals surface area contributed by atoms with E-state index in [1.807, 2.05) is 42.5 Å². The van der Waals surface area contributed by atoms with E-state index in [1.54, 1.807) is 31.3 Å². The SMILES string of the molecule is COc1cc2nc(N3CCN(C(=O)c4ccco4)CC3)nc(Nc3ccccc3)c2cc1OC. The minimum Gasteiger partial charge on any atom is -0.493 e. The highest BCUT2D eigenvalue weighted by Crippen LogP contribution is 2.36. The second kappa shape index (κ2) is 9.30. The van der Waals surface area contributed by atoms with Crippen molar-refractivity contribution < 1.29 is 18.7 Å². The fourth-order valence-corrected chi connectivity index (χ4v) is 4.00. The molecule has 9 heteroatoms. The minimum absolute atomic E-state index is 0.104. The van der Waals surface area contributed by atoms with Crippen LogP contribution in [0.5, 0.6) is 11.5 Å². The molecule has 1 saturated heterocycles. The number of benzene rings is 2. The molecule has 0 bridgehead atoms. The molecule has 9 nitrogen and oxygen atoms in total. The van der Waals surface area contributed by atoms with Gasteiger partial charge in [0.15, 0.2) is 17.3 Å². The Labute approximate surface area is 196 Å². The first-order valence-corrected chi connectivity index (χ1v) is 11.0. The van der Waals surface area contributed by atoms with Crippen molar-refractivity contribution in [1.82, 2.24) is 14.9 Å². The number of rotatable bonds is 6. The van der Waals surface area contributed by atoms with E-state index < -0.39 is 0 Å². The standard InChI is InChI=1S/C25H25N5O4/c1-32-21-15-18-19(16-22(21)33-2)27-25(28-23(18)26-17-7-4-3-5-8-17)30-12-10-29(11-13-30)24(31)20-9-6-14-34-20/h3-9,14-16H,10-13H2,1-2H3,(H,26,27,28). The van der Waals surface area contributed by atoms with Gasteiger partial charge in [0.25, 0.3) is 5.91 Å². The molecule has 2 aromatic carbocycles. The van der Waals surface area contributed by atoms with Gasteiger partial charge >= 0.3 is 0 Å². The summed E-state index contributed by atoms with van der Waals surface area (Å²) in [5.74, 6) is 2.70. The summed E-state index contributed by atoms with van der Waals surface area (Å²) in [6, 6.07) is 17.0. The number of methoxy groups -OCH3 is 2. The van der Waals surface area contributed by atoms with Crippen LogP contribution >= 0.6 is 0 Å². The van der Waals surface area contributed by atoms with E-state index >= 15 is 0 Å². The van der Waals surface area contributed by atoms with Crippen LogP contribution in [0.3, 0.4) is 0 Å². The number of nitrogens with one attached hydrogen (secondary N) is 1. The van der Waals surface area contributed by atoms with E-state index in [9.17, 15) is 4.79 Å². The summed E-state index contributed by atoms with van der Waals surface area (Å²) in [6.45, 7) is 2.31. The van der Waals surface area contributed by atoms with Crippen LogP contribution in [0.15, 0.2) is 65.3 Å². The summed E-state index contributed by atoms with van der Waals surface area (Å²) >= 11 is 0. The maximum atomic E-state index is 12.6. The predicted molar refractivity (Wildman–Crippen MR) is 129 cm³/mol. The van der Waals surface area contributed by atoms with Crippen molar-refractivity contribution in [3.63, 3.8) is 0 Å². The minimum atomic E-state index is -0.104. The van der Waals surface area contributed by atoms with Gasteiger partial charge in [-0.25, -0.2) is 4.98 Å². The van der Waals surface area contributed by atoms with E-state index in [2.05, 4.69) is 10.2 Å². The summed E-state index contributed by atoms with van der Waals surface area (Å²) in [5.41, 5.74) is 1.65. The third-order valence-corrected chi connectivity index (χ3v) is 5.81. The zero-order valence-electron chi connectivity index (χ0n) is 19.0. The molecular formula is C25H25N5O4. The van der Waals surface area contributed by atoms with Gasteiger partial charge in [0.1, 0.15) is 5.82 Å². The Morgan fingerprint density at radius 3 is 2.35 bits per heavy atom. The van der Waals surface area contributed by atoms with Crippen LogP contribution < -0.4 is 19.7 Å². The summed E-state index contributed by atoms with van der Waals surface area (Å²) in [6.07, 6.45) is 1.51. The lowest BCUT2D eigenvalue weighted by Gasteiger charge is -2.34. The molecule has 2 aromatic heterocycles. The Morgan fingerprint density at radius 2 is 1.68 bits per heavy atom. The number of carbonyl (C=O) groups is 1. The van der Waals surface area contributed by atoms with Gasteiger partial charge in [0, 0.05) is 43.3 Å². The van der Waals surface area contributed by atoms with Gasteiger partial charge in [0.2, 0.25) is 5.95 Å². The Bertz CT molecular complexity index is 1290. The average Bonchev–Trinajstić information content (AvgIpc) is 3.43. The van der Waals surface area contributed by atoms with Crippen LogP contribution in [-0.4, -0.2) is 61.2 Å². The molecule has 0 unspecified atom stereocenters. The first-order chi connectivity index (χ1) is 16.7. The van der Waals surface area contributed by atoms with E-state index in [-0.39, 0.29) is 5.91 Å². The molecular weight excluding hydrogens is 434 g/mol. The van der Waals surface area contributed by atoms with E-state index in [4.69, 9.17) is 23.9 Å². The number of hydrogen-bond acceptors (Lipinski definition) is 8. The van der Waals surface area contributed by atoms with E-state index in [0.717, 1.165) is 16.6 Å². The third-order valence-electron chi connectivity index (χ3n) is 5.81. The summed E-state index contributed by atoms with van der Waals surface area (Å²) in [4.78, 5) is 26.2. The van der Waals surface area contributed by atoms with E-state index in [1.165, 1.54) is 6.26 Å². The second-order valence-corrected chi connectivity index (χ2v) is 7.84. The number of ether oxygens (including phenoxy) is 2. The van der Waals surface area contributed by atoms with Crippen molar-refractivity contribution in [3.8, 4) is 11.5 Å². The van der Waals surface area contributed by atoms with Crippen LogP contribution in [0.1, 0.15) is 10.6 Å². The number of anilines is 3. The Hall–Kier alpha value is -4.27. The van der Waals surface area contributed by atoms with Crippen molar-refractivity contribution in [2.24, 2.45) is 0 Å². The molecule has 1 aliphatic rings. The molecule has 1 aliphatic heterocycles. The van der Waals surface area contributed by atoms with Gasteiger partial charge in [-0.2, -0.15) is 4.98 Å². The quantitative estimate of drug-likeness (QED) is 0.463. The van der Waals surface area contributed by atoms with Gasteiger partial charge < -0.3 is 29.0 Å². The zero-order valence-corrected chi connectivity index (χ0v) is 19.0. The highest BCUT2D eigenvalue weighted by atomic mass is 16.5. The van der Waals surface area contributed by atoms with Crippen molar-refractivity contribution in [2.45, 2.75) is 0 Å². The Kier molecular flexibility index (Phi) is 5.90. The van der Waals surface area contributed by atoms with Crippen LogP contribution in [0.25, 0.3) is 10.9 Å². The summed E-state index contributed by atoms with van der Waals surface area (Å²) < 4.78 is 16.2. The molecule has 1 fully saturated rings. The maximum Gasteiger partial charge on any atom is 0.289 e. The molecule has 4 aromatic rings. The molecule has 0 radical (unpaired) electrons. The molecule has 1 N–H and O–H groups in total. The van der Waals surface area contributed by atoms with Crippen molar-refractivity contribution in [2.75, 3.05) is 50.6 Å². The fraction of sp³-hybridized carbons (Fsp3) is 0.240. The van der Waals surface area contributed by atoms with Gasteiger partial charge in [-0.1, -0.05) is 18.2 Å². The largest absolute Gasteiger partial charge is 0.493 e. The van der Waals surface area contributed by atoms with Crippen molar-refractivity contribution in [3.05, 3.63) is 66.6 Å². The highest BCUT2D eigenvalue weighted by Gasteiger charge is 2.26. The second-order valence-electron chi connectivity index (χ2n) is 7.84. The summed E-state index contributed by atoms with van der Waals surface area (Å²) in [5, 5.41) is 4.23. The first-order valence-electron chi connectivity index (χ1n) is 11.0. The number of hydrogen-bond donors (Lipinski definition) is 1. The molecule has 0 aliphatic carbocycles. The molecule has 34 heavy (non-hydrogen) atoms. The van der Waals surface area contributed by atoms with Crippen LogP contribution in [0, 0.1) is 0 Å². The highest BCUT2D eigenvalue weighted by molar-refractivity contribution is 5.94. The molecule has 174 valence electrons. The number of piperazine rings is 1. The lowest BCUT2D eigenvalue weighted by atomic mass is 10.2. The summed E-state index contributed by atoms with van der Waals surface area (Å²) in [7, 11) is 3.21. The number of nitrogens with zero attached hydrogens (tertiary/aromatic N) is 4. The van der Waals surface area contributed by atoms with Crippen LogP contribution in [-0.2, 0) is 0 Å². The monoisotopic (exact) mass is 459 g/mol. The Morgan fingerprint density at radius 1 is 0.941 bits per heavy atom. The number of aromatic nitrogens is 2. The Balaban J connectivity index is 1.47. The molecule has 3 heterocycles. The van der Waals surface area contributed by atoms with Crippen LogP contribution in [0.2, 0.25) is 0 Å². The smallest absolute Gasteiger partial charge is 0.289 e. The van der Waals surface area contributed by atoms with Gasteiger partial charge in [0.05, 0.1) is 26.0 Å². The normalized spacial score (nSPS) is 13.7. The van der Waals surface area contributed by atoms with Crippen molar-refractivity contribution >= 4 is 34.3 Å². The van der Waals surface area contributed by atoms with E-state index in [0.29, 0.717) is 55.2 Å². The predicted octanol–water partition coefficient (Wildman–Crippen LogP) is 3.95. The fourth-order valence-electron chi connectivity index (χ4n) is 4.00. The average molecular weight is 460 g/mol. The molecule has 0 spiro atoms. The van der Waals surface area contributed by atoms with Crippen molar-refractivity contribution in [1.29, 1.82) is 0 Å². The number of fused-ring (bicyclic) bond motifs is 1.